The second-order valence-electron chi connectivity index (χ2n) is 1.82. The van der Waals surface area contributed by atoms with Crippen LogP contribution in [0.2, 0.25) is 0 Å². The Bertz CT molecular complexity index is 238. The summed E-state index contributed by atoms with van der Waals surface area (Å²) < 4.78 is 9.07. The Morgan fingerprint density at radius 2 is 2.08 bits per heavy atom. The highest BCUT2D eigenvalue weighted by atomic mass is 79.9. The smallest absolute Gasteiger partial charge is 0.384 e. The predicted octanol–water partition coefficient (Wildman–Crippen LogP) is 0.491. The van der Waals surface area contributed by atoms with Gasteiger partial charge in [0.1, 0.15) is 5.33 Å². The number of halogens is 1. The summed E-state index contributed by atoms with van der Waals surface area (Å²) in [5.41, 5.74) is 0. The molecule has 0 fully saturated rings. The molecule has 0 rings (SSSR count). The van der Waals surface area contributed by atoms with E-state index >= 15 is 0 Å². The average Bonchev–Trinajstić information content (AvgIpc) is 2.12. The van der Waals surface area contributed by atoms with Crippen LogP contribution in [0.3, 0.4) is 0 Å². The predicted molar refractivity (Wildman–Crippen MR) is 49.2 cm³/mol. The lowest BCUT2D eigenvalue weighted by atomic mass is 10.6. The van der Waals surface area contributed by atoms with E-state index in [1.165, 1.54) is 0 Å². The number of rotatable bonds is 3. The van der Waals surface area contributed by atoms with E-state index in [1.54, 1.807) is 6.92 Å². The Morgan fingerprint density at radius 3 is 2.62 bits per heavy atom. The number of carbonyl (C=O) groups excluding carboxylic acids is 2. The Balaban J connectivity index is 3.61. The summed E-state index contributed by atoms with van der Waals surface area (Å²) in [5.74, 6) is 3.47. The van der Waals surface area contributed by atoms with Gasteiger partial charge in [-0.25, -0.2) is 4.79 Å². The van der Waals surface area contributed by atoms with Crippen LogP contribution < -0.4 is 0 Å². The summed E-state index contributed by atoms with van der Waals surface area (Å²) >= 11 is 2.91. The first-order valence-corrected chi connectivity index (χ1v) is 4.70. The molecule has 0 N–H and O–H groups in total. The van der Waals surface area contributed by atoms with Crippen molar-refractivity contribution < 1.29 is 19.1 Å². The summed E-state index contributed by atoms with van der Waals surface area (Å²) in [7, 11) is 0. The highest BCUT2D eigenvalue weighted by Crippen LogP contribution is 1.84. The van der Waals surface area contributed by atoms with Gasteiger partial charge in [-0.05, 0) is 12.8 Å². The standard InChI is InChI=1S/C8H9BrO4/c1-2-12-7(10)4-3-5-13-8(11)6-9/h2,5-6H2,1H3. The lowest BCUT2D eigenvalue weighted by Gasteiger charge is -1.94. The van der Waals surface area contributed by atoms with Crippen LogP contribution in [0.4, 0.5) is 0 Å². The van der Waals surface area contributed by atoms with Crippen LogP contribution in [0.1, 0.15) is 6.92 Å². The largest absolute Gasteiger partial charge is 0.456 e. The number of hydrogen-bond acceptors (Lipinski definition) is 4. The van der Waals surface area contributed by atoms with E-state index in [1.807, 2.05) is 0 Å². The monoisotopic (exact) mass is 248 g/mol. The van der Waals surface area contributed by atoms with Gasteiger partial charge in [0, 0.05) is 5.92 Å². The maximum atomic E-state index is 10.6. The molecule has 0 unspecified atom stereocenters. The van der Waals surface area contributed by atoms with E-state index in [2.05, 4.69) is 37.2 Å². The van der Waals surface area contributed by atoms with E-state index in [0.29, 0.717) is 0 Å². The van der Waals surface area contributed by atoms with Crippen molar-refractivity contribution in [3.8, 4) is 11.8 Å². The molecule has 0 aliphatic rings. The molecule has 0 heterocycles. The van der Waals surface area contributed by atoms with Gasteiger partial charge >= 0.3 is 11.9 Å². The molecule has 0 radical (unpaired) electrons. The topological polar surface area (TPSA) is 52.6 Å². The zero-order valence-electron chi connectivity index (χ0n) is 7.13. The third-order valence-corrected chi connectivity index (χ3v) is 1.34. The maximum absolute atomic E-state index is 10.6. The maximum Gasteiger partial charge on any atom is 0.384 e. The minimum absolute atomic E-state index is 0.0940. The average molecular weight is 249 g/mol. The lowest BCUT2D eigenvalue weighted by molar-refractivity contribution is -0.139. The van der Waals surface area contributed by atoms with Gasteiger partial charge in [-0.15, -0.1) is 0 Å². The third kappa shape index (κ3) is 7.34. The first-order chi connectivity index (χ1) is 6.20. The number of ether oxygens (including phenoxy) is 2. The molecular weight excluding hydrogens is 240 g/mol. The van der Waals surface area contributed by atoms with Crippen LogP contribution in [-0.4, -0.2) is 30.5 Å². The van der Waals surface area contributed by atoms with Crippen molar-refractivity contribution in [1.29, 1.82) is 0 Å². The van der Waals surface area contributed by atoms with Gasteiger partial charge in [0.2, 0.25) is 0 Å². The summed E-state index contributed by atoms with van der Waals surface area (Å²) in [6.45, 7) is 1.88. The summed E-state index contributed by atoms with van der Waals surface area (Å²) in [5, 5.41) is 0.119. The van der Waals surface area contributed by atoms with Crippen LogP contribution in [-0.2, 0) is 19.1 Å². The first kappa shape index (κ1) is 12.0. The molecular formula is C8H9BrO4. The lowest BCUT2D eigenvalue weighted by Crippen LogP contribution is -2.06. The van der Waals surface area contributed by atoms with Gasteiger partial charge < -0.3 is 9.47 Å². The molecule has 0 saturated carbocycles. The highest BCUT2D eigenvalue weighted by Gasteiger charge is 1.96. The summed E-state index contributed by atoms with van der Waals surface area (Å²) in [4.78, 5) is 21.1. The van der Waals surface area contributed by atoms with E-state index in [-0.39, 0.29) is 18.5 Å². The van der Waals surface area contributed by atoms with Crippen molar-refractivity contribution in [2.75, 3.05) is 18.5 Å². The molecule has 72 valence electrons. The quantitative estimate of drug-likeness (QED) is 0.316. The van der Waals surface area contributed by atoms with Crippen molar-refractivity contribution >= 4 is 27.9 Å². The van der Waals surface area contributed by atoms with Gasteiger partial charge in [-0.1, -0.05) is 15.9 Å². The van der Waals surface area contributed by atoms with Crippen molar-refractivity contribution in [1.82, 2.24) is 0 Å². The van der Waals surface area contributed by atoms with Crippen molar-refractivity contribution in [3.63, 3.8) is 0 Å². The molecule has 0 spiro atoms. The number of carbonyl (C=O) groups is 2. The van der Waals surface area contributed by atoms with Crippen LogP contribution in [0.15, 0.2) is 0 Å². The molecule has 0 aromatic carbocycles. The molecule has 13 heavy (non-hydrogen) atoms. The zero-order valence-corrected chi connectivity index (χ0v) is 8.72. The van der Waals surface area contributed by atoms with Crippen LogP contribution in [0, 0.1) is 11.8 Å². The zero-order chi connectivity index (χ0) is 10.1. The minimum atomic E-state index is -0.614. The van der Waals surface area contributed by atoms with Gasteiger partial charge in [0.25, 0.3) is 0 Å². The summed E-state index contributed by atoms with van der Waals surface area (Å²) in [6, 6.07) is 0. The molecule has 0 aromatic rings. The molecule has 4 nitrogen and oxygen atoms in total. The van der Waals surface area contributed by atoms with E-state index in [4.69, 9.17) is 0 Å². The van der Waals surface area contributed by atoms with Gasteiger partial charge in [0.05, 0.1) is 6.61 Å². The van der Waals surface area contributed by atoms with E-state index < -0.39 is 11.9 Å². The number of esters is 2. The van der Waals surface area contributed by atoms with Crippen molar-refractivity contribution in [2.24, 2.45) is 0 Å². The van der Waals surface area contributed by atoms with Crippen LogP contribution >= 0.6 is 15.9 Å². The van der Waals surface area contributed by atoms with Crippen LogP contribution in [0.25, 0.3) is 0 Å². The number of hydrogen-bond donors (Lipinski definition) is 0. The molecule has 5 heteroatoms. The minimum Gasteiger partial charge on any atom is -0.456 e. The normalized spacial score (nSPS) is 8.15. The van der Waals surface area contributed by atoms with Gasteiger partial charge in [-0.2, -0.15) is 0 Å². The molecule has 0 saturated heterocycles. The van der Waals surface area contributed by atoms with E-state index in [9.17, 15) is 9.59 Å². The Hall–Kier alpha value is -1.02. The van der Waals surface area contributed by atoms with Crippen molar-refractivity contribution in [3.05, 3.63) is 0 Å². The Kier molecular flexibility index (Phi) is 7.02. The van der Waals surface area contributed by atoms with Crippen molar-refractivity contribution in [2.45, 2.75) is 6.92 Å². The fourth-order valence-corrected chi connectivity index (χ4v) is 0.592. The SMILES string of the molecule is CCOC(=O)C#CCOC(=O)CBr. The molecule has 0 aliphatic carbocycles. The molecule has 0 amide bonds. The molecule has 0 atom stereocenters. The van der Waals surface area contributed by atoms with Crippen LogP contribution in [0.5, 0.6) is 0 Å². The third-order valence-electron chi connectivity index (χ3n) is 0.880. The fourth-order valence-electron chi connectivity index (χ4n) is 0.431. The fraction of sp³-hybridized carbons (Fsp3) is 0.500. The van der Waals surface area contributed by atoms with E-state index in [0.717, 1.165) is 0 Å². The van der Waals surface area contributed by atoms with Gasteiger partial charge in [0.15, 0.2) is 6.61 Å². The summed E-state index contributed by atoms with van der Waals surface area (Å²) in [6.07, 6.45) is 0. The second-order valence-corrected chi connectivity index (χ2v) is 2.38. The Labute approximate surface area is 84.7 Å². The molecule has 0 aliphatic heterocycles. The number of alkyl halides is 1. The Morgan fingerprint density at radius 1 is 1.38 bits per heavy atom. The molecule has 0 bridgehead atoms. The second kappa shape index (κ2) is 7.62. The first-order valence-electron chi connectivity index (χ1n) is 3.58. The highest BCUT2D eigenvalue weighted by molar-refractivity contribution is 9.09. The molecule has 0 aromatic heterocycles. The van der Waals surface area contributed by atoms with Gasteiger partial charge in [-0.3, -0.25) is 4.79 Å².